The molecule has 6 heterocycles. The number of aromatic nitrogens is 5. The normalized spacial score (nSPS) is 18.6. The fourth-order valence-electron chi connectivity index (χ4n) is 5.78. The van der Waals surface area contributed by atoms with E-state index in [1.54, 1.807) is 16.8 Å². The molecule has 200 valence electrons. The lowest BCUT2D eigenvalue weighted by Gasteiger charge is -2.35. The van der Waals surface area contributed by atoms with E-state index in [1.165, 1.54) is 24.0 Å². The van der Waals surface area contributed by atoms with Crippen molar-refractivity contribution in [1.82, 2.24) is 34.2 Å². The fraction of sp³-hybridized carbons (Fsp3) is 0.393. The summed E-state index contributed by atoms with van der Waals surface area (Å²) in [7, 11) is 2.04. The molecule has 1 atom stereocenters. The molecule has 2 fully saturated rings. The number of fused-ring (bicyclic) bond motifs is 1. The summed E-state index contributed by atoms with van der Waals surface area (Å²) in [6.45, 7) is 4.50. The number of hydrogen-bond acceptors (Lipinski definition) is 7. The molecule has 2 aliphatic rings. The van der Waals surface area contributed by atoms with E-state index in [0.29, 0.717) is 16.0 Å². The maximum Gasteiger partial charge on any atom is 0.239 e. The van der Waals surface area contributed by atoms with Gasteiger partial charge in [0.1, 0.15) is 11.1 Å². The summed E-state index contributed by atoms with van der Waals surface area (Å²) in [4.78, 5) is 22.1. The molecule has 1 amide bonds. The van der Waals surface area contributed by atoms with E-state index in [4.69, 9.17) is 5.10 Å². The van der Waals surface area contributed by atoms with E-state index >= 15 is 0 Å². The fourth-order valence-corrected chi connectivity index (χ4v) is 6.75. The van der Waals surface area contributed by atoms with E-state index in [1.807, 2.05) is 37.3 Å². The molecule has 0 saturated carbocycles. The Morgan fingerprint density at radius 3 is 2.72 bits per heavy atom. The van der Waals surface area contributed by atoms with Crippen LogP contribution in [0.3, 0.4) is 0 Å². The second-order valence-corrected chi connectivity index (χ2v) is 11.3. The monoisotopic (exact) mass is 544 g/mol. The van der Waals surface area contributed by atoms with E-state index in [0.717, 1.165) is 62.1 Å². The first kappa shape index (κ1) is 25.5. The lowest BCUT2D eigenvalue weighted by atomic mass is 10.0. The zero-order chi connectivity index (χ0) is 27.1. The number of pyridine rings is 2. The SMILES string of the molecule is Cc1c(-c2cc(Sc3ncccc3F)c3c(C#N)cnn3c2)cnn1C1CCN(C(=O)C2CCCN2C)CC1. The smallest absolute Gasteiger partial charge is 0.239 e. The van der Waals surface area contributed by atoms with Gasteiger partial charge in [0.25, 0.3) is 0 Å². The maximum atomic E-state index is 14.5. The Morgan fingerprint density at radius 1 is 1.18 bits per heavy atom. The average Bonchev–Trinajstić information content (AvgIpc) is 3.67. The summed E-state index contributed by atoms with van der Waals surface area (Å²) < 4.78 is 18.2. The van der Waals surface area contributed by atoms with Gasteiger partial charge >= 0.3 is 0 Å². The van der Waals surface area contributed by atoms with Crippen molar-refractivity contribution in [1.29, 1.82) is 5.26 Å². The van der Waals surface area contributed by atoms with Crippen molar-refractivity contribution in [2.45, 2.75) is 54.6 Å². The topological polar surface area (TPSA) is 95.4 Å². The first-order valence-electron chi connectivity index (χ1n) is 13.2. The summed E-state index contributed by atoms with van der Waals surface area (Å²) >= 11 is 1.17. The zero-order valence-corrected chi connectivity index (χ0v) is 22.7. The van der Waals surface area contributed by atoms with Crippen LogP contribution in [0.4, 0.5) is 4.39 Å². The summed E-state index contributed by atoms with van der Waals surface area (Å²) in [6, 6.07) is 7.28. The Kier molecular flexibility index (Phi) is 6.83. The molecule has 39 heavy (non-hydrogen) atoms. The van der Waals surface area contributed by atoms with Crippen LogP contribution in [0, 0.1) is 24.1 Å². The number of amides is 1. The number of piperidine rings is 1. The van der Waals surface area contributed by atoms with Crippen LogP contribution in [-0.4, -0.2) is 72.8 Å². The Balaban J connectivity index is 1.27. The Morgan fingerprint density at radius 2 is 2.00 bits per heavy atom. The minimum atomic E-state index is -0.419. The van der Waals surface area contributed by atoms with Gasteiger partial charge in [-0.1, -0.05) is 11.8 Å². The van der Waals surface area contributed by atoms with Crippen LogP contribution < -0.4 is 0 Å². The molecule has 9 nitrogen and oxygen atoms in total. The molecule has 11 heteroatoms. The standard InChI is InChI=1S/C28H29FN8OS/c1-18-22(16-33-37(18)21-7-11-35(12-8-21)28(38)24-6-4-10-34(24)2)19-13-25(39-27-23(29)5-3-9-31-27)26-20(14-30)15-32-36(26)17-19/h3,5,9,13,15-17,21,24H,4,6-8,10-12H2,1-2H3. The summed E-state index contributed by atoms with van der Waals surface area (Å²) in [5.41, 5.74) is 3.86. The molecule has 4 aromatic heterocycles. The second-order valence-electron chi connectivity index (χ2n) is 10.2. The Labute approximate surface area is 230 Å². The van der Waals surface area contributed by atoms with Crippen LogP contribution in [0.2, 0.25) is 0 Å². The predicted octanol–water partition coefficient (Wildman–Crippen LogP) is 4.32. The third-order valence-corrected chi connectivity index (χ3v) is 8.94. The summed E-state index contributed by atoms with van der Waals surface area (Å²) in [5, 5.41) is 19.0. The van der Waals surface area contributed by atoms with Gasteiger partial charge < -0.3 is 4.90 Å². The van der Waals surface area contributed by atoms with Crippen molar-refractivity contribution in [3.8, 4) is 17.2 Å². The van der Waals surface area contributed by atoms with Crippen molar-refractivity contribution in [2.24, 2.45) is 0 Å². The molecule has 4 aromatic rings. The van der Waals surface area contributed by atoms with Crippen molar-refractivity contribution >= 4 is 23.2 Å². The largest absolute Gasteiger partial charge is 0.341 e. The molecule has 1 unspecified atom stereocenters. The summed E-state index contributed by atoms with van der Waals surface area (Å²) in [5.74, 6) is -0.164. The van der Waals surface area contributed by atoms with Gasteiger partial charge in [0.05, 0.1) is 35.6 Å². The minimum absolute atomic E-state index is 0.0185. The number of nitrogens with zero attached hydrogens (tertiary/aromatic N) is 8. The molecule has 0 N–H and O–H groups in total. The van der Waals surface area contributed by atoms with Crippen LogP contribution >= 0.6 is 11.8 Å². The minimum Gasteiger partial charge on any atom is -0.341 e. The van der Waals surface area contributed by atoms with Crippen LogP contribution in [0.15, 0.2) is 52.9 Å². The maximum absolute atomic E-state index is 14.5. The first-order chi connectivity index (χ1) is 18.9. The van der Waals surface area contributed by atoms with Crippen LogP contribution in [0.25, 0.3) is 16.6 Å². The molecule has 0 aliphatic carbocycles. The van der Waals surface area contributed by atoms with Crippen molar-refractivity contribution < 1.29 is 9.18 Å². The van der Waals surface area contributed by atoms with Crippen molar-refractivity contribution in [3.63, 3.8) is 0 Å². The summed E-state index contributed by atoms with van der Waals surface area (Å²) in [6.07, 6.45) is 10.5. The lowest BCUT2D eigenvalue weighted by Crippen LogP contribution is -2.47. The third-order valence-electron chi connectivity index (χ3n) is 7.91. The molecule has 0 radical (unpaired) electrons. The molecule has 6 rings (SSSR count). The van der Waals surface area contributed by atoms with Crippen LogP contribution in [0.5, 0.6) is 0 Å². The van der Waals surface area contributed by atoms with Gasteiger partial charge in [-0.05, 0) is 64.4 Å². The van der Waals surface area contributed by atoms with Crippen molar-refractivity contribution in [2.75, 3.05) is 26.7 Å². The quantitative estimate of drug-likeness (QED) is 0.369. The van der Waals surface area contributed by atoms with E-state index in [2.05, 4.69) is 25.7 Å². The molecule has 2 aliphatic heterocycles. The second kappa shape index (κ2) is 10.4. The van der Waals surface area contributed by atoms with Gasteiger partial charge in [0.2, 0.25) is 5.91 Å². The first-order valence-corrected chi connectivity index (χ1v) is 14.0. The number of likely N-dealkylation sites (N-methyl/N-ethyl adjacent to an activating group) is 1. The van der Waals surface area contributed by atoms with Gasteiger partial charge in [-0.2, -0.15) is 15.5 Å². The molecule has 0 spiro atoms. The molecule has 0 bridgehead atoms. The number of carbonyl (C=O) groups is 1. The Hall–Kier alpha value is -3.75. The molecular formula is C28H29FN8OS. The van der Waals surface area contributed by atoms with E-state index in [-0.39, 0.29) is 23.0 Å². The molecule has 2 saturated heterocycles. The van der Waals surface area contributed by atoms with Gasteiger partial charge in [-0.15, -0.1) is 0 Å². The van der Waals surface area contributed by atoms with Crippen molar-refractivity contribution in [3.05, 3.63) is 60.1 Å². The molecule has 0 aromatic carbocycles. The highest BCUT2D eigenvalue weighted by atomic mass is 32.2. The predicted molar refractivity (Wildman–Crippen MR) is 145 cm³/mol. The number of nitriles is 1. The highest BCUT2D eigenvalue weighted by Crippen LogP contribution is 2.37. The average molecular weight is 545 g/mol. The highest BCUT2D eigenvalue weighted by Gasteiger charge is 2.34. The zero-order valence-electron chi connectivity index (χ0n) is 21.9. The third kappa shape index (κ3) is 4.68. The van der Waals surface area contributed by atoms with Gasteiger partial charge in [-0.3, -0.25) is 14.4 Å². The van der Waals surface area contributed by atoms with E-state index in [9.17, 15) is 14.4 Å². The van der Waals surface area contributed by atoms with Crippen LogP contribution in [-0.2, 0) is 4.79 Å². The van der Waals surface area contributed by atoms with Gasteiger partial charge in [0, 0.05) is 47.2 Å². The van der Waals surface area contributed by atoms with Gasteiger partial charge in [-0.25, -0.2) is 13.9 Å². The Bertz CT molecular complexity index is 1580. The highest BCUT2D eigenvalue weighted by molar-refractivity contribution is 7.99. The number of likely N-dealkylation sites (tertiary alicyclic amines) is 2. The van der Waals surface area contributed by atoms with E-state index < -0.39 is 5.82 Å². The molecular weight excluding hydrogens is 515 g/mol. The number of carbonyl (C=O) groups excluding carboxylic acids is 1. The number of hydrogen-bond donors (Lipinski definition) is 0. The number of halogens is 1. The van der Waals surface area contributed by atoms with Crippen LogP contribution in [0.1, 0.15) is 43.0 Å². The lowest BCUT2D eigenvalue weighted by molar-refractivity contribution is -0.136. The van der Waals surface area contributed by atoms with Gasteiger partial charge in [0.15, 0.2) is 5.82 Å². The number of rotatable bonds is 5.